The van der Waals surface area contributed by atoms with Gasteiger partial charge >= 0.3 is 0 Å². The monoisotopic (exact) mass is 254 g/mol. The van der Waals surface area contributed by atoms with E-state index in [0.717, 1.165) is 5.56 Å². The van der Waals surface area contributed by atoms with Crippen LogP contribution in [-0.2, 0) is 4.79 Å². The summed E-state index contributed by atoms with van der Waals surface area (Å²) in [5, 5.41) is 9.00. The maximum absolute atomic E-state index is 10.7. The third-order valence-corrected chi connectivity index (χ3v) is 2.26. The summed E-state index contributed by atoms with van der Waals surface area (Å²) in [4.78, 5) is 10.7. The third-order valence-electron chi connectivity index (χ3n) is 2.26. The molecule has 1 aromatic carbocycles. The smallest absolute Gasteiger partial charge is 0.255 e. The zero-order valence-corrected chi connectivity index (χ0v) is 10.3. The number of amides is 1. The van der Waals surface area contributed by atoms with E-state index in [-0.39, 0.29) is 13.2 Å². The van der Waals surface area contributed by atoms with E-state index >= 15 is 0 Å². The molecule has 1 atom stereocenters. The van der Waals surface area contributed by atoms with Crippen molar-refractivity contribution in [2.24, 2.45) is 11.5 Å². The van der Waals surface area contributed by atoms with Crippen LogP contribution in [0.2, 0.25) is 0 Å². The predicted octanol–water partition coefficient (Wildman–Crippen LogP) is -0.0585. The summed E-state index contributed by atoms with van der Waals surface area (Å²) >= 11 is 0. The topological polar surface area (TPSA) is 108 Å². The van der Waals surface area contributed by atoms with Crippen LogP contribution >= 0.6 is 0 Å². The number of benzene rings is 1. The highest BCUT2D eigenvalue weighted by molar-refractivity contribution is 5.75. The van der Waals surface area contributed by atoms with Gasteiger partial charge in [0.15, 0.2) is 18.1 Å². The minimum absolute atomic E-state index is 0.160. The zero-order valence-electron chi connectivity index (χ0n) is 10.3. The molecule has 18 heavy (non-hydrogen) atoms. The van der Waals surface area contributed by atoms with Crippen LogP contribution in [0.15, 0.2) is 18.2 Å². The molecule has 0 radical (unpaired) electrons. The van der Waals surface area contributed by atoms with E-state index in [1.54, 1.807) is 18.2 Å². The lowest BCUT2D eigenvalue weighted by Gasteiger charge is -2.14. The molecule has 0 saturated heterocycles. The highest BCUT2D eigenvalue weighted by Gasteiger charge is 2.11. The second-order valence-corrected chi connectivity index (χ2v) is 3.68. The normalized spacial score (nSPS) is 11.9. The van der Waals surface area contributed by atoms with Crippen molar-refractivity contribution >= 4 is 5.91 Å². The fourth-order valence-corrected chi connectivity index (χ4v) is 1.40. The van der Waals surface area contributed by atoms with E-state index < -0.39 is 11.9 Å². The predicted molar refractivity (Wildman–Crippen MR) is 66.3 cm³/mol. The fraction of sp³-hybridized carbons (Fsp3) is 0.417. The Balaban J connectivity index is 2.92. The van der Waals surface area contributed by atoms with E-state index in [9.17, 15) is 4.79 Å². The highest BCUT2D eigenvalue weighted by atomic mass is 16.5. The molecule has 0 fully saturated rings. The maximum Gasteiger partial charge on any atom is 0.255 e. The van der Waals surface area contributed by atoms with E-state index in [2.05, 4.69) is 0 Å². The van der Waals surface area contributed by atoms with E-state index in [4.69, 9.17) is 26.0 Å². The molecule has 6 nitrogen and oxygen atoms in total. The summed E-state index contributed by atoms with van der Waals surface area (Å²) in [6.07, 6.45) is 0. The molecule has 1 amide bonds. The average Bonchev–Trinajstić information content (AvgIpc) is 2.36. The Hall–Kier alpha value is -1.79. The van der Waals surface area contributed by atoms with Gasteiger partial charge in [-0.1, -0.05) is 6.07 Å². The number of aliphatic hydroxyl groups is 1. The number of primary amides is 1. The molecule has 0 unspecified atom stereocenters. The van der Waals surface area contributed by atoms with Crippen LogP contribution in [-0.4, -0.2) is 30.8 Å². The molecule has 0 aliphatic carbocycles. The Morgan fingerprint density at radius 1 is 1.39 bits per heavy atom. The molecule has 100 valence electrons. The summed E-state index contributed by atoms with van der Waals surface area (Å²) in [6.45, 7) is 1.90. The largest absolute Gasteiger partial charge is 0.490 e. The number of carbonyl (C=O) groups is 1. The van der Waals surface area contributed by atoms with Gasteiger partial charge in [0.25, 0.3) is 5.91 Å². The van der Waals surface area contributed by atoms with Crippen molar-refractivity contribution in [1.29, 1.82) is 0 Å². The average molecular weight is 254 g/mol. The standard InChI is InChI=1S/C12H18N2O4/c1-2-17-11-5-8(9(13)6-15)3-4-10(11)18-7-12(14)16/h3-5,9,15H,2,6-7,13H2,1H3,(H2,14,16)/t9-/m0/s1. The lowest BCUT2D eigenvalue weighted by molar-refractivity contribution is -0.119. The Kier molecular flexibility index (Phi) is 5.41. The molecule has 0 saturated carbocycles. The first-order valence-corrected chi connectivity index (χ1v) is 5.62. The van der Waals surface area contributed by atoms with E-state index in [0.29, 0.717) is 18.1 Å². The first kappa shape index (κ1) is 14.3. The Morgan fingerprint density at radius 2 is 2.11 bits per heavy atom. The number of aliphatic hydroxyl groups excluding tert-OH is 1. The number of rotatable bonds is 7. The number of ether oxygens (including phenoxy) is 2. The van der Waals surface area contributed by atoms with Gasteiger partial charge < -0.3 is 26.0 Å². The van der Waals surface area contributed by atoms with Crippen molar-refractivity contribution in [2.45, 2.75) is 13.0 Å². The van der Waals surface area contributed by atoms with Crippen LogP contribution in [0.3, 0.4) is 0 Å². The summed E-state index contributed by atoms with van der Waals surface area (Å²) < 4.78 is 10.6. The van der Waals surface area contributed by atoms with Gasteiger partial charge in [0.1, 0.15) is 0 Å². The van der Waals surface area contributed by atoms with E-state index in [1.165, 1.54) is 0 Å². The van der Waals surface area contributed by atoms with Crippen LogP contribution in [0.25, 0.3) is 0 Å². The van der Waals surface area contributed by atoms with Gasteiger partial charge in [0, 0.05) is 0 Å². The second-order valence-electron chi connectivity index (χ2n) is 3.68. The van der Waals surface area contributed by atoms with Crippen molar-refractivity contribution < 1.29 is 19.4 Å². The molecule has 0 aliphatic heterocycles. The lowest BCUT2D eigenvalue weighted by atomic mass is 10.1. The maximum atomic E-state index is 10.7. The van der Waals surface area contributed by atoms with Crippen molar-refractivity contribution in [3.05, 3.63) is 23.8 Å². The molecular formula is C12H18N2O4. The van der Waals surface area contributed by atoms with Crippen LogP contribution in [0.5, 0.6) is 11.5 Å². The summed E-state index contributed by atoms with van der Waals surface area (Å²) in [6, 6.07) is 4.55. The van der Waals surface area contributed by atoms with Gasteiger partial charge in [0.2, 0.25) is 0 Å². The molecule has 0 heterocycles. The van der Waals surface area contributed by atoms with Gasteiger partial charge in [0.05, 0.1) is 19.3 Å². The molecule has 0 bridgehead atoms. The molecular weight excluding hydrogens is 236 g/mol. The zero-order chi connectivity index (χ0) is 13.5. The molecule has 6 heteroatoms. The van der Waals surface area contributed by atoms with Crippen LogP contribution in [0.4, 0.5) is 0 Å². The van der Waals surface area contributed by atoms with Gasteiger partial charge in [-0.3, -0.25) is 4.79 Å². The molecule has 5 N–H and O–H groups in total. The first-order chi connectivity index (χ1) is 8.58. The van der Waals surface area contributed by atoms with Crippen molar-refractivity contribution in [2.75, 3.05) is 19.8 Å². The number of hydrogen-bond acceptors (Lipinski definition) is 5. The van der Waals surface area contributed by atoms with Crippen LogP contribution in [0.1, 0.15) is 18.5 Å². The molecule has 1 aromatic rings. The molecule has 0 spiro atoms. The van der Waals surface area contributed by atoms with Crippen molar-refractivity contribution in [1.82, 2.24) is 0 Å². The summed E-state index contributed by atoms with van der Waals surface area (Å²) in [5.41, 5.74) is 11.4. The Morgan fingerprint density at radius 3 is 2.67 bits per heavy atom. The Bertz CT molecular complexity index is 409. The highest BCUT2D eigenvalue weighted by Crippen LogP contribution is 2.30. The number of hydrogen-bond donors (Lipinski definition) is 3. The summed E-state index contributed by atoms with van der Waals surface area (Å²) in [7, 11) is 0. The van der Waals surface area contributed by atoms with E-state index in [1.807, 2.05) is 6.92 Å². The van der Waals surface area contributed by atoms with Crippen molar-refractivity contribution in [3.63, 3.8) is 0 Å². The number of carbonyl (C=O) groups excluding carboxylic acids is 1. The second kappa shape index (κ2) is 6.83. The molecule has 1 rings (SSSR count). The minimum Gasteiger partial charge on any atom is -0.490 e. The van der Waals surface area contributed by atoms with Crippen molar-refractivity contribution in [3.8, 4) is 11.5 Å². The molecule has 0 aliphatic rings. The SMILES string of the molecule is CCOc1cc([C@@H](N)CO)ccc1OCC(N)=O. The molecule has 0 aromatic heterocycles. The van der Waals surface area contributed by atoms with Gasteiger partial charge in [-0.25, -0.2) is 0 Å². The number of nitrogens with two attached hydrogens (primary N) is 2. The first-order valence-electron chi connectivity index (χ1n) is 5.62. The third kappa shape index (κ3) is 3.90. The lowest BCUT2D eigenvalue weighted by Crippen LogP contribution is -2.20. The van der Waals surface area contributed by atoms with Gasteiger partial charge in [-0.15, -0.1) is 0 Å². The minimum atomic E-state index is -0.561. The van der Waals surface area contributed by atoms with Crippen LogP contribution in [0, 0.1) is 0 Å². The van der Waals surface area contributed by atoms with Gasteiger partial charge in [-0.05, 0) is 24.6 Å². The van der Waals surface area contributed by atoms with Crippen LogP contribution < -0.4 is 20.9 Å². The fourth-order valence-electron chi connectivity index (χ4n) is 1.40. The Labute approximate surface area is 105 Å². The quantitative estimate of drug-likeness (QED) is 0.632. The summed E-state index contributed by atoms with van der Waals surface area (Å²) in [5.74, 6) is 0.332. The van der Waals surface area contributed by atoms with Gasteiger partial charge in [-0.2, -0.15) is 0 Å².